The predicted molar refractivity (Wildman–Crippen MR) is 47.8 cm³/mol. The first kappa shape index (κ1) is 8.10. The van der Waals surface area contributed by atoms with E-state index >= 15 is 0 Å². The van der Waals surface area contributed by atoms with Crippen LogP contribution in [0.15, 0.2) is 0 Å². The molecule has 2 heteroatoms. The third-order valence-electron chi connectivity index (χ3n) is 3.02. The highest BCUT2D eigenvalue weighted by Crippen LogP contribution is 2.37. The van der Waals surface area contributed by atoms with Crippen LogP contribution in [0.3, 0.4) is 0 Å². The van der Waals surface area contributed by atoms with Gasteiger partial charge < -0.3 is 4.74 Å². The number of ether oxygens (including phenoxy) is 1. The Morgan fingerprint density at radius 2 is 2.42 bits per heavy atom. The fourth-order valence-electron chi connectivity index (χ4n) is 2.26. The minimum absolute atomic E-state index is 0.469. The molecule has 66 valence electrons. The average molecular weight is 165 g/mol. The Kier molecular flexibility index (Phi) is 2.08. The first-order valence-corrected chi connectivity index (χ1v) is 4.58. The standard InChI is InChI=1S/C10H15NO/c1-2-5-11-6-3-10(8-11)4-7-12-9-10/h1H,3-9H2. The van der Waals surface area contributed by atoms with Gasteiger partial charge in [0.25, 0.3) is 0 Å². The Bertz CT molecular complexity index is 200. The number of hydrogen-bond donors (Lipinski definition) is 0. The van der Waals surface area contributed by atoms with E-state index in [1.165, 1.54) is 12.8 Å². The van der Waals surface area contributed by atoms with Crippen LogP contribution in [-0.2, 0) is 4.74 Å². The van der Waals surface area contributed by atoms with Crippen LogP contribution in [0.2, 0.25) is 0 Å². The fraction of sp³-hybridized carbons (Fsp3) is 0.800. The first-order chi connectivity index (χ1) is 5.85. The molecule has 2 aliphatic heterocycles. The Morgan fingerprint density at radius 1 is 1.50 bits per heavy atom. The van der Waals surface area contributed by atoms with E-state index in [2.05, 4.69) is 10.8 Å². The molecule has 1 spiro atoms. The molecule has 2 heterocycles. The molecule has 0 radical (unpaired) electrons. The van der Waals surface area contributed by atoms with Crippen LogP contribution < -0.4 is 0 Å². The van der Waals surface area contributed by atoms with E-state index in [1.54, 1.807) is 0 Å². The van der Waals surface area contributed by atoms with Gasteiger partial charge in [0.1, 0.15) is 0 Å². The molecule has 2 fully saturated rings. The van der Waals surface area contributed by atoms with Crippen molar-refractivity contribution in [1.29, 1.82) is 0 Å². The molecule has 1 atom stereocenters. The zero-order valence-corrected chi connectivity index (χ0v) is 7.38. The van der Waals surface area contributed by atoms with Crippen LogP contribution in [0, 0.1) is 17.8 Å². The van der Waals surface area contributed by atoms with Crippen LogP contribution in [0.25, 0.3) is 0 Å². The summed E-state index contributed by atoms with van der Waals surface area (Å²) in [7, 11) is 0. The van der Waals surface area contributed by atoms with Crippen molar-refractivity contribution >= 4 is 0 Å². The van der Waals surface area contributed by atoms with Gasteiger partial charge in [-0.2, -0.15) is 0 Å². The minimum atomic E-state index is 0.469. The van der Waals surface area contributed by atoms with Crippen LogP contribution in [0.5, 0.6) is 0 Å². The zero-order valence-electron chi connectivity index (χ0n) is 7.38. The molecule has 1 unspecified atom stereocenters. The first-order valence-electron chi connectivity index (χ1n) is 4.58. The molecule has 0 aromatic rings. The highest BCUT2D eigenvalue weighted by molar-refractivity contribution is 4.97. The van der Waals surface area contributed by atoms with Crippen molar-refractivity contribution in [3.05, 3.63) is 0 Å². The van der Waals surface area contributed by atoms with Crippen molar-refractivity contribution in [2.75, 3.05) is 32.8 Å². The number of rotatable bonds is 1. The summed E-state index contributed by atoms with van der Waals surface area (Å²) in [6.45, 7) is 5.02. The normalized spacial score (nSPS) is 35.9. The minimum Gasteiger partial charge on any atom is -0.381 e. The quantitative estimate of drug-likeness (QED) is 0.531. The highest BCUT2D eigenvalue weighted by Gasteiger charge is 2.40. The van der Waals surface area contributed by atoms with Gasteiger partial charge in [0.2, 0.25) is 0 Å². The van der Waals surface area contributed by atoms with Gasteiger partial charge in [-0.1, -0.05) is 5.92 Å². The molecule has 0 bridgehead atoms. The Morgan fingerprint density at radius 3 is 3.08 bits per heavy atom. The molecule has 12 heavy (non-hydrogen) atoms. The molecule has 2 aliphatic rings. The van der Waals surface area contributed by atoms with Gasteiger partial charge in [0, 0.05) is 18.6 Å². The molecule has 0 saturated carbocycles. The summed E-state index contributed by atoms with van der Waals surface area (Å²) in [5.74, 6) is 2.70. The molecule has 2 nitrogen and oxygen atoms in total. The number of hydrogen-bond acceptors (Lipinski definition) is 2. The SMILES string of the molecule is C#CCN1CCC2(CCOC2)C1. The summed E-state index contributed by atoms with van der Waals surface area (Å²) in [6.07, 6.45) is 7.78. The maximum Gasteiger partial charge on any atom is 0.0599 e. The van der Waals surface area contributed by atoms with Gasteiger partial charge in [-0.3, -0.25) is 4.90 Å². The molecule has 0 aliphatic carbocycles. The lowest BCUT2D eigenvalue weighted by molar-refractivity contribution is 0.153. The van der Waals surface area contributed by atoms with E-state index in [1.807, 2.05) is 0 Å². The highest BCUT2D eigenvalue weighted by atomic mass is 16.5. The van der Waals surface area contributed by atoms with Crippen molar-refractivity contribution in [2.45, 2.75) is 12.8 Å². The van der Waals surface area contributed by atoms with Crippen LogP contribution >= 0.6 is 0 Å². The van der Waals surface area contributed by atoms with Crippen LogP contribution in [0.1, 0.15) is 12.8 Å². The van der Waals surface area contributed by atoms with Crippen molar-refractivity contribution in [3.63, 3.8) is 0 Å². The maximum atomic E-state index is 5.43. The van der Waals surface area contributed by atoms with E-state index in [-0.39, 0.29) is 0 Å². The third kappa shape index (κ3) is 1.35. The Balaban J connectivity index is 1.93. The summed E-state index contributed by atoms with van der Waals surface area (Å²) in [5, 5.41) is 0. The lowest BCUT2D eigenvalue weighted by atomic mass is 9.87. The maximum absolute atomic E-state index is 5.43. The molecular formula is C10H15NO. The molecule has 0 aromatic carbocycles. The molecule has 0 aromatic heterocycles. The lowest BCUT2D eigenvalue weighted by Gasteiger charge is -2.20. The van der Waals surface area contributed by atoms with E-state index in [4.69, 9.17) is 11.2 Å². The van der Waals surface area contributed by atoms with Gasteiger partial charge in [-0.25, -0.2) is 0 Å². The zero-order chi connectivity index (χ0) is 8.44. The largest absolute Gasteiger partial charge is 0.381 e. The second kappa shape index (κ2) is 3.08. The summed E-state index contributed by atoms with van der Waals surface area (Å²) in [6, 6.07) is 0. The molecule has 0 amide bonds. The number of likely N-dealkylation sites (tertiary alicyclic amines) is 1. The predicted octanol–water partition coefficient (Wildman–Crippen LogP) is 0.732. The van der Waals surface area contributed by atoms with Crippen LogP contribution in [-0.4, -0.2) is 37.7 Å². The molecule has 0 N–H and O–H groups in total. The average Bonchev–Trinajstić information content (AvgIpc) is 2.65. The van der Waals surface area contributed by atoms with E-state index in [0.717, 1.165) is 32.8 Å². The second-order valence-corrected chi connectivity index (χ2v) is 3.97. The summed E-state index contributed by atoms with van der Waals surface area (Å²) in [4.78, 5) is 2.36. The monoisotopic (exact) mass is 165 g/mol. The van der Waals surface area contributed by atoms with Gasteiger partial charge >= 0.3 is 0 Å². The van der Waals surface area contributed by atoms with Crippen LogP contribution in [0.4, 0.5) is 0 Å². The fourth-order valence-corrected chi connectivity index (χ4v) is 2.26. The summed E-state index contributed by atoms with van der Waals surface area (Å²) >= 11 is 0. The van der Waals surface area contributed by atoms with E-state index < -0.39 is 0 Å². The van der Waals surface area contributed by atoms with E-state index in [9.17, 15) is 0 Å². The molecular weight excluding hydrogens is 150 g/mol. The number of terminal acetylenes is 1. The second-order valence-electron chi connectivity index (χ2n) is 3.97. The van der Waals surface area contributed by atoms with Crippen molar-refractivity contribution in [3.8, 4) is 12.3 Å². The van der Waals surface area contributed by atoms with Gasteiger partial charge in [-0.15, -0.1) is 6.42 Å². The van der Waals surface area contributed by atoms with Gasteiger partial charge in [0.15, 0.2) is 0 Å². The van der Waals surface area contributed by atoms with Crippen molar-refractivity contribution in [1.82, 2.24) is 4.90 Å². The third-order valence-corrected chi connectivity index (χ3v) is 3.02. The van der Waals surface area contributed by atoms with Crippen molar-refractivity contribution in [2.24, 2.45) is 5.41 Å². The molecule has 2 rings (SSSR count). The Hall–Kier alpha value is -0.520. The van der Waals surface area contributed by atoms with E-state index in [0.29, 0.717) is 5.41 Å². The molecule has 2 saturated heterocycles. The van der Waals surface area contributed by atoms with Crippen molar-refractivity contribution < 1.29 is 4.74 Å². The Labute approximate surface area is 73.9 Å². The smallest absolute Gasteiger partial charge is 0.0599 e. The summed E-state index contributed by atoms with van der Waals surface area (Å²) in [5.41, 5.74) is 0.469. The summed E-state index contributed by atoms with van der Waals surface area (Å²) < 4.78 is 5.43. The topological polar surface area (TPSA) is 12.5 Å². The van der Waals surface area contributed by atoms with Gasteiger partial charge in [-0.05, 0) is 19.4 Å². The van der Waals surface area contributed by atoms with Gasteiger partial charge in [0.05, 0.1) is 13.2 Å². The lowest BCUT2D eigenvalue weighted by Crippen LogP contribution is -2.27. The number of nitrogens with zero attached hydrogens (tertiary/aromatic N) is 1.